The molecule has 0 unspecified atom stereocenters. The molecule has 9 heteroatoms. The third kappa shape index (κ3) is 5.49. The van der Waals surface area contributed by atoms with E-state index in [1.54, 1.807) is 30.3 Å². The van der Waals surface area contributed by atoms with Crippen LogP contribution in [0, 0.1) is 6.92 Å². The first-order valence-electron chi connectivity index (χ1n) is 9.20. The maximum absolute atomic E-state index is 12.8. The van der Waals surface area contributed by atoms with Crippen molar-refractivity contribution in [1.82, 2.24) is 4.31 Å². The first kappa shape index (κ1) is 22.1. The van der Waals surface area contributed by atoms with E-state index in [0.29, 0.717) is 48.5 Å². The number of anilines is 1. The summed E-state index contributed by atoms with van der Waals surface area (Å²) < 4.78 is 32.3. The van der Waals surface area contributed by atoms with Crippen LogP contribution in [0.1, 0.15) is 17.5 Å². The number of morpholine rings is 1. The molecule has 2 aromatic rings. The summed E-state index contributed by atoms with van der Waals surface area (Å²) in [7, 11) is -3.63. The molecule has 29 heavy (non-hydrogen) atoms. The molecule has 0 radical (unpaired) electrons. The van der Waals surface area contributed by atoms with E-state index in [9.17, 15) is 13.2 Å². The van der Waals surface area contributed by atoms with Crippen LogP contribution >= 0.6 is 23.2 Å². The highest BCUT2D eigenvalue weighted by atomic mass is 35.5. The highest BCUT2D eigenvalue weighted by molar-refractivity contribution is 7.89. The summed E-state index contributed by atoms with van der Waals surface area (Å²) in [5, 5.41) is 3.86. The largest absolute Gasteiger partial charge is 0.379 e. The van der Waals surface area contributed by atoms with Crippen molar-refractivity contribution in [3.05, 3.63) is 57.6 Å². The van der Waals surface area contributed by atoms with Crippen molar-refractivity contribution in [2.75, 3.05) is 31.6 Å². The number of halogens is 2. The molecule has 3 rings (SSSR count). The molecule has 1 aliphatic heterocycles. The van der Waals surface area contributed by atoms with Gasteiger partial charge in [-0.1, -0.05) is 35.3 Å². The first-order chi connectivity index (χ1) is 13.8. The predicted molar refractivity (Wildman–Crippen MR) is 114 cm³/mol. The number of aryl methyl sites for hydroxylation is 2. The third-order valence-corrected chi connectivity index (χ3v) is 7.21. The monoisotopic (exact) mass is 456 g/mol. The summed E-state index contributed by atoms with van der Waals surface area (Å²) >= 11 is 12.0. The minimum atomic E-state index is -3.63. The molecule has 0 aliphatic carbocycles. The summed E-state index contributed by atoms with van der Waals surface area (Å²) in [6, 6.07) is 9.92. The number of carbonyl (C=O) groups excluding carboxylic acids is 1. The van der Waals surface area contributed by atoms with Crippen LogP contribution in [-0.2, 0) is 26.0 Å². The minimum absolute atomic E-state index is 0.154. The number of amides is 1. The van der Waals surface area contributed by atoms with Crippen LogP contribution in [0.3, 0.4) is 0 Å². The maximum Gasteiger partial charge on any atom is 0.243 e. The van der Waals surface area contributed by atoms with Gasteiger partial charge in [-0.3, -0.25) is 4.79 Å². The van der Waals surface area contributed by atoms with E-state index >= 15 is 0 Å². The molecule has 1 saturated heterocycles. The fraction of sp³-hybridized carbons (Fsp3) is 0.350. The van der Waals surface area contributed by atoms with Gasteiger partial charge in [-0.15, -0.1) is 0 Å². The summed E-state index contributed by atoms with van der Waals surface area (Å²) in [5.41, 5.74) is 2.09. The zero-order valence-corrected chi connectivity index (χ0v) is 18.3. The molecule has 1 fully saturated rings. The number of carbonyl (C=O) groups is 1. The number of rotatable bonds is 6. The predicted octanol–water partition coefficient (Wildman–Crippen LogP) is 3.89. The lowest BCUT2D eigenvalue weighted by atomic mass is 10.1. The van der Waals surface area contributed by atoms with Gasteiger partial charge in [0.15, 0.2) is 0 Å². The minimum Gasteiger partial charge on any atom is -0.379 e. The molecule has 0 saturated carbocycles. The van der Waals surface area contributed by atoms with Gasteiger partial charge in [0, 0.05) is 35.2 Å². The topological polar surface area (TPSA) is 75.7 Å². The molecule has 6 nitrogen and oxygen atoms in total. The van der Waals surface area contributed by atoms with Gasteiger partial charge in [0.25, 0.3) is 0 Å². The molecule has 2 aromatic carbocycles. The Balaban J connectivity index is 1.70. The third-order valence-electron chi connectivity index (χ3n) is 4.73. The normalized spacial score (nSPS) is 15.3. The van der Waals surface area contributed by atoms with Crippen molar-refractivity contribution in [2.24, 2.45) is 0 Å². The van der Waals surface area contributed by atoms with Crippen LogP contribution in [-0.4, -0.2) is 44.9 Å². The fourth-order valence-electron chi connectivity index (χ4n) is 3.02. The molecule has 1 aliphatic rings. The molecule has 156 valence electrons. The summed E-state index contributed by atoms with van der Waals surface area (Å²) in [5.74, 6) is -0.222. The molecular formula is C20H22Cl2N2O4S. The zero-order valence-electron chi connectivity index (χ0n) is 16.0. The van der Waals surface area contributed by atoms with Gasteiger partial charge in [-0.2, -0.15) is 4.31 Å². The van der Waals surface area contributed by atoms with Gasteiger partial charge >= 0.3 is 0 Å². The second-order valence-electron chi connectivity index (χ2n) is 6.78. The Morgan fingerprint density at radius 1 is 1.14 bits per heavy atom. The number of nitrogens with one attached hydrogen (secondary N) is 1. The van der Waals surface area contributed by atoms with E-state index in [1.165, 1.54) is 10.4 Å². The Bertz CT molecular complexity index is 1010. The summed E-state index contributed by atoms with van der Waals surface area (Å²) in [6.07, 6.45) is 0.661. The van der Waals surface area contributed by atoms with Gasteiger partial charge in [-0.25, -0.2) is 8.42 Å². The lowest BCUT2D eigenvalue weighted by molar-refractivity contribution is -0.116. The van der Waals surface area contributed by atoms with Crippen LogP contribution in [0.15, 0.2) is 41.3 Å². The second-order valence-corrected chi connectivity index (χ2v) is 9.56. The molecule has 1 heterocycles. The van der Waals surface area contributed by atoms with Crippen molar-refractivity contribution in [3.8, 4) is 0 Å². The lowest BCUT2D eigenvalue weighted by Gasteiger charge is -2.26. The summed E-state index contributed by atoms with van der Waals surface area (Å²) in [6.45, 7) is 3.21. The zero-order chi connectivity index (χ0) is 21.0. The molecule has 0 atom stereocenters. The number of benzene rings is 2. The Hall–Kier alpha value is -1.64. The van der Waals surface area contributed by atoms with E-state index in [2.05, 4.69) is 5.32 Å². The van der Waals surface area contributed by atoms with E-state index in [-0.39, 0.29) is 17.2 Å². The van der Waals surface area contributed by atoms with Crippen LogP contribution in [0.25, 0.3) is 0 Å². The molecule has 0 aromatic heterocycles. The fourth-order valence-corrected chi connectivity index (χ4v) is 4.96. The number of hydrogen-bond donors (Lipinski definition) is 1. The van der Waals surface area contributed by atoms with E-state index in [1.807, 2.05) is 6.92 Å². The average molecular weight is 457 g/mol. The van der Waals surface area contributed by atoms with E-state index in [4.69, 9.17) is 27.9 Å². The molecular weight excluding hydrogens is 435 g/mol. The molecule has 1 N–H and O–H groups in total. The number of nitrogens with zero attached hydrogens (tertiary/aromatic N) is 1. The van der Waals surface area contributed by atoms with Crippen molar-refractivity contribution >= 4 is 44.8 Å². The highest BCUT2D eigenvalue weighted by Gasteiger charge is 2.26. The lowest BCUT2D eigenvalue weighted by Crippen LogP contribution is -2.40. The van der Waals surface area contributed by atoms with Crippen LogP contribution in [0.5, 0.6) is 0 Å². The quantitative estimate of drug-likeness (QED) is 0.714. The van der Waals surface area contributed by atoms with Crippen molar-refractivity contribution in [2.45, 2.75) is 24.7 Å². The average Bonchev–Trinajstić information content (AvgIpc) is 2.69. The van der Waals surface area contributed by atoms with Gasteiger partial charge < -0.3 is 10.1 Å². The van der Waals surface area contributed by atoms with Crippen molar-refractivity contribution < 1.29 is 17.9 Å². The van der Waals surface area contributed by atoms with E-state index < -0.39 is 10.0 Å². The smallest absolute Gasteiger partial charge is 0.243 e. The van der Waals surface area contributed by atoms with Gasteiger partial charge in [0.2, 0.25) is 15.9 Å². The number of ether oxygens (including phenoxy) is 1. The summed E-state index contributed by atoms with van der Waals surface area (Å²) in [4.78, 5) is 12.6. The molecule has 0 spiro atoms. The second kappa shape index (κ2) is 9.45. The van der Waals surface area contributed by atoms with Crippen molar-refractivity contribution in [1.29, 1.82) is 0 Å². The van der Waals surface area contributed by atoms with Crippen molar-refractivity contribution in [3.63, 3.8) is 0 Å². The van der Waals surface area contributed by atoms with Crippen LogP contribution in [0.2, 0.25) is 10.0 Å². The van der Waals surface area contributed by atoms with Gasteiger partial charge in [0.1, 0.15) is 0 Å². The SMILES string of the molecule is Cc1ccc(S(=O)(=O)N2CCOCC2)cc1NC(=O)CCc1ccc(Cl)cc1Cl. The number of hydrogen-bond acceptors (Lipinski definition) is 4. The van der Waals surface area contributed by atoms with Gasteiger partial charge in [0.05, 0.1) is 18.1 Å². The molecule has 1 amide bonds. The van der Waals surface area contributed by atoms with Gasteiger partial charge in [-0.05, 0) is 48.7 Å². The Kier molecular flexibility index (Phi) is 7.19. The Labute approximate surface area is 180 Å². The number of sulfonamides is 1. The van der Waals surface area contributed by atoms with E-state index in [0.717, 1.165) is 11.1 Å². The maximum atomic E-state index is 12.8. The van der Waals surface area contributed by atoms with Crippen LogP contribution < -0.4 is 5.32 Å². The molecule has 0 bridgehead atoms. The van der Waals surface area contributed by atoms with Crippen LogP contribution in [0.4, 0.5) is 5.69 Å². The highest BCUT2D eigenvalue weighted by Crippen LogP contribution is 2.25. The standard InChI is InChI=1S/C20H22Cl2N2O4S/c1-14-2-6-17(29(26,27)24-8-10-28-11-9-24)13-19(14)23-20(25)7-4-15-3-5-16(21)12-18(15)22/h2-3,5-6,12-13H,4,7-11H2,1H3,(H,23,25). The first-order valence-corrected chi connectivity index (χ1v) is 11.4. The Morgan fingerprint density at radius 3 is 2.55 bits per heavy atom. The Morgan fingerprint density at radius 2 is 1.86 bits per heavy atom.